The lowest BCUT2D eigenvalue weighted by molar-refractivity contribution is -0.137. The highest BCUT2D eigenvalue weighted by Crippen LogP contribution is 2.14. The largest absolute Gasteiger partial charge is 0.481 e. The highest BCUT2D eigenvalue weighted by molar-refractivity contribution is 5.66. The predicted molar refractivity (Wildman–Crippen MR) is 82.4 cm³/mol. The minimum absolute atomic E-state index is 0.292. The normalized spacial score (nSPS) is 12.9. The van der Waals surface area contributed by atoms with Gasteiger partial charge < -0.3 is 5.11 Å². The number of aliphatic carboxylic acids is 1. The van der Waals surface area contributed by atoms with Crippen LogP contribution < -0.4 is 0 Å². The number of allylic oxidation sites excluding steroid dienone is 2. The van der Waals surface area contributed by atoms with Gasteiger partial charge in [-0.3, -0.25) is 4.79 Å². The van der Waals surface area contributed by atoms with E-state index >= 15 is 0 Å². The summed E-state index contributed by atoms with van der Waals surface area (Å²) in [6.45, 7) is 4.61. The molecule has 0 spiro atoms. The molecular formula is C17H32O2. The summed E-state index contributed by atoms with van der Waals surface area (Å²) in [5.74, 6) is 0.208. The van der Waals surface area contributed by atoms with Crippen LogP contribution in [0, 0.1) is 5.92 Å². The van der Waals surface area contributed by atoms with Crippen molar-refractivity contribution >= 4 is 5.97 Å². The maximum atomic E-state index is 10.3. The van der Waals surface area contributed by atoms with E-state index < -0.39 is 5.97 Å². The van der Waals surface area contributed by atoms with Crippen molar-refractivity contribution in [2.75, 3.05) is 0 Å². The maximum absolute atomic E-state index is 10.3. The number of rotatable bonds is 13. The molecular weight excluding hydrogens is 236 g/mol. The van der Waals surface area contributed by atoms with Crippen LogP contribution in [0.5, 0.6) is 0 Å². The summed E-state index contributed by atoms with van der Waals surface area (Å²) in [7, 11) is 0. The molecule has 0 aliphatic heterocycles. The summed E-state index contributed by atoms with van der Waals surface area (Å²) in [5.41, 5.74) is 0. The summed E-state index contributed by atoms with van der Waals surface area (Å²) in [5, 5.41) is 8.48. The van der Waals surface area contributed by atoms with Gasteiger partial charge in [0, 0.05) is 6.42 Å². The molecule has 0 heterocycles. The fourth-order valence-electron chi connectivity index (χ4n) is 2.10. The lowest BCUT2D eigenvalue weighted by atomic mass is 10.00. The Morgan fingerprint density at radius 2 is 1.58 bits per heavy atom. The standard InChI is InChI=1S/C17H32O2/c1-3-16(2)14-12-10-8-6-4-5-7-9-11-13-15-17(18)19/h7,9,16H,3-6,8,10-15H2,1-2H3,(H,18,19). The smallest absolute Gasteiger partial charge is 0.303 e. The van der Waals surface area contributed by atoms with Crippen LogP contribution in [0.2, 0.25) is 0 Å². The molecule has 2 nitrogen and oxygen atoms in total. The van der Waals surface area contributed by atoms with Crippen molar-refractivity contribution in [1.29, 1.82) is 0 Å². The fourth-order valence-corrected chi connectivity index (χ4v) is 2.10. The summed E-state index contributed by atoms with van der Waals surface area (Å²) < 4.78 is 0. The van der Waals surface area contributed by atoms with Crippen LogP contribution in [-0.2, 0) is 4.79 Å². The molecule has 2 heteroatoms. The zero-order chi connectivity index (χ0) is 14.3. The topological polar surface area (TPSA) is 37.3 Å². The number of hydrogen-bond acceptors (Lipinski definition) is 1. The van der Waals surface area contributed by atoms with Crippen LogP contribution in [0.25, 0.3) is 0 Å². The summed E-state index contributed by atoms with van der Waals surface area (Å²) in [4.78, 5) is 10.3. The monoisotopic (exact) mass is 268 g/mol. The van der Waals surface area contributed by atoms with Crippen molar-refractivity contribution < 1.29 is 9.90 Å². The van der Waals surface area contributed by atoms with E-state index in [0.29, 0.717) is 6.42 Å². The SMILES string of the molecule is CCC(C)CCCCCCCC=CCCCC(=O)O. The second-order valence-electron chi connectivity index (χ2n) is 5.62. The van der Waals surface area contributed by atoms with Gasteiger partial charge in [-0.1, -0.05) is 64.5 Å². The van der Waals surface area contributed by atoms with Crippen LogP contribution in [0.4, 0.5) is 0 Å². The third kappa shape index (κ3) is 15.2. The van der Waals surface area contributed by atoms with E-state index in [1.54, 1.807) is 0 Å². The van der Waals surface area contributed by atoms with Crippen molar-refractivity contribution in [2.45, 2.75) is 84.5 Å². The van der Waals surface area contributed by atoms with Gasteiger partial charge in [0.25, 0.3) is 0 Å². The molecule has 19 heavy (non-hydrogen) atoms. The molecule has 0 aromatic heterocycles. The van der Waals surface area contributed by atoms with Crippen LogP contribution in [0.3, 0.4) is 0 Å². The van der Waals surface area contributed by atoms with Crippen LogP contribution in [0.15, 0.2) is 12.2 Å². The van der Waals surface area contributed by atoms with E-state index in [2.05, 4.69) is 26.0 Å². The average Bonchev–Trinajstić information content (AvgIpc) is 2.39. The molecule has 0 amide bonds. The Morgan fingerprint density at radius 1 is 1.00 bits per heavy atom. The Morgan fingerprint density at radius 3 is 2.21 bits per heavy atom. The van der Waals surface area contributed by atoms with Crippen LogP contribution in [0.1, 0.15) is 84.5 Å². The fraction of sp³-hybridized carbons (Fsp3) is 0.824. The zero-order valence-corrected chi connectivity index (χ0v) is 12.9. The van der Waals surface area contributed by atoms with E-state index in [1.807, 2.05) is 0 Å². The van der Waals surface area contributed by atoms with Gasteiger partial charge in [-0.2, -0.15) is 0 Å². The zero-order valence-electron chi connectivity index (χ0n) is 12.9. The van der Waals surface area contributed by atoms with E-state index in [0.717, 1.165) is 25.2 Å². The number of carboxylic acid groups (broad SMARTS) is 1. The number of carbonyl (C=O) groups is 1. The first-order valence-corrected chi connectivity index (χ1v) is 8.03. The molecule has 0 aliphatic carbocycles. The Bertz CT molecular complexity index is 233. The highest BCUT2D eigenvalue weighted by atomic mass is 16.4. The highest BCUT2D eigenvalue weighted by Gasteiger charge is 1.97. The average molecular weight is 268 g/mol. The summed E-state index contributed by atoms with van der Waals surface area (Å²) >= 11 is 0. The third-order valence-electron chi connectivity index (χ3n) is 3.69. The van der Waals surface area contributed by atoms with E-state index in [1.165, 1.54) is 44.9 Å². The molecule has 0 aromatic rings. The molecule has 0 rings (SSSR count). The van der Waals surface area contributed by atoms with E-state index in [9.17, 15) is 4.79 Å². The van der Waals surface area contributed by atoms with Crippen molar-refractivity contribution in [2.24, 2.45) is 5.92 Å². The van der Waals surface area contributed by atoms with Crippen molar-refractivity contribution in [1.82, 2.24) is 0 Å². The summed E-state index contributed by atoms with van der Waals surface area (Å²) in [6.07, 6.45) is 16.9. The van der Waals surface area contributed by atoms with Crippen molar-refractivity contribution in [3.8, 4) is 0 Å². The first-order valence-electron chi connectivity index (χ1n) is 8.03. The molecule has 0 saturated carbocycles. The molecule has 0 radical (unpaired) electrons. The molecule has 1 unspecified atom stereocenters. The lowest BCUT2D eigenvalue weighted by Crippen LogP contribution is -1.92. The quantitative estimate of drug-likeness (QED) is 0.350. The Kier molecular flexibility index (Phi) is 13.1. The molecule has 0 aliphatic rings. The molecule has 0 fully saturated rings. The molecule has 1 N–H and O–H groups in total. The van der Waals surface area contributed by atoms with Gasteiger partial charge in [-0.15, -0.1) is 0 Å². The van der Waals surface area contributed by atoms with Gasteiger partial charge in [-0.25, -0.2) is 0 Å². The number of carboxylic acids is 1. The molecule has 0 saturated heterocycles. The second-order valence-corrected chi connectivity index (χ2v) is 5.62. The van der Waals surface area contributed by atoms with E-state index in [-0.39, 0.29) is 0 Å². The Labute approximate surface area is 119 Å². The third-order valence-corrected chi connectivity index (χ3v) is 3.69. The number of unbranched alkanes of at least 4 members (excludes halogenated alkanes) is 6. The first kappa shape index (κ1) is 18.2. The summed E-state index contributed by atoms with van der Waals surface area (Å²) in [6, 6.07) is 0. The van der Waals surface area contributed by atoms with Crippen LogP contribution in [-0.4, -0.2) is 11.1 Å². The van der Waals surface area contributed by atoms with Crippen molar-refractivity contribution in [3.63, 3.8) is 0 Å². The van der Waals surface area contributed by atoms with Gasteiger partial charge in [-0.05, 0) is 31.6 Å². The van der Waals surface area contributed by atoms with Gasteiger partial charge >= 0.3 is 5.97 Å². The maximum Gasteiger partial charge on any atom is 0.303 e. The van der Waals surface area contributed by atoms with Gasteiger partial charge in [0.15, 0.2) is 0 Å². The molecule has 112 valence electrons. The minimum Gasteiger partial charge on any atom is -0.481 e. The minimum atomic E-state index is -0.689. The van der Waals surface area contributed by atoms with Gasteiger partial charge in [0.05, 0.1) is 0 Å². The molecule has 1 atom stereocenters. The predicted octanol–water partition coefficient (Wildman–Crippen LogP) is 5.57. The first-order chi connectivity index (χ1) is 9.16. The number of hydrogen-bond donors (Lipinski definition) is 1. The van der Waals surface area contributed by atoms with Gasteiger partial charge in [0.1, 0.15) is 0 Å². The van der Waals surface area contributed by atoms with Gasteiger partial charge in [0.2, 0.25) is 0 Å². The lowest BCUT2D eigenvalue weighted by Gasteiger charge is -2.07. The van der Waals surface area contributed by atoms with E-state index in [4.69, 9.17) is 5.11 Å². The molecule has 0 bridgehead atoms. The van der Waals surface area contributed by atoms with Crippen LogP contribution >= 0.6 is 0 Å². The Balaban J connectivity index is 3.14. The second kappa shape index (κ2) is 13.6. The Hall–Kier alpha value is -0.790. The van der Waals surface area contributed by atoms with Crippen molar-refractivity contribution in [3.05, 3.63) is 12.2 Å². The molecule has 0 aromatic carbocycles.